The molecule has 1 aromatic heterocycles. The Labute approximate surface area is 135 Å². The minimum absolute atomic E-state index is 0.237. The van der Waals surface area contributed by atoms with Crippen LogP contribution in [0.2, 0.25) is 0 Å². The Hall–Kier alpha value is -2.41. The standard InChI is InChI=1S/C16H19N3O3S/c1-3-10-17-16(20)13(2)23(21,22)12-14-9-11-19(18-14)15-7-5-4-6-8-15/h3-9,11,13H,1,10,12H2,2H3,(H,17,20). The molecule has 1 atom stereocenters. The van der Waals surface area contributed by atoms with Crippen LogP contribution in [0.15, 0.2) is 55.3 Å². The van der Waals surface area contributed by atoms with Gasteiger partial charge in [0, 0.05) is 12.7 Å². The Morgan fingerprint density at radius 1 is 1.35 bits per heavy atom. The molecule has 2 aromatic rings. The quantitative estimate of drug-likeness (QED) is 0.778. The molecule has 0 saturated heterocycles. The van der Waals surface area contributed by atoms with Crippen molar-refractivity contribution < 1.29 is 13.2 Å². The first-order chi connectivity index (χ1) is 10.9. The van der Waals surface area contributed by atoms with Crippen molar-refractivity contribution in [3.05, 3.63) is 60.9 Å². The van der Waals surface area contributed by atoms with Gasteiger partial charge in [0.25, 0.3) is 0 Å². The van der Waals surface area contributed by atoms with Crippen molar-refractivity contribution in [2.24, 2.45) is 0 Å². The molecule has 23 heavy (non-hydrogen) atoms. The highest BCUT2D eigenvalue weighted by Crippen LogP contribution is 2.12. The molecular formula is C16H19N3O3S. The van der Waals surface area contributed by atoms with E-state index >= 15 is 0 Å². The minimum atomic E-state index is -3.63. The molecule has 1 N–H and O–H groups in total. The van der Waals surface area contributed by atoms with Crippen LogP contribution in [0, 0.1) is 0 Å². The third kappa shape index (κ3) is 4.29. The van der Waals surface area contributed by atoms with E-state index in [0.29, 0.717) is 5.69 Å². The summed E-state index contributed by atoms with van der Waals surface area (Å²) in [6.07, 6.45) is 3.20. The van der Waals surface area contributed by atoms with E-state index in [2.05, 4.69) is 17.0 Å². The van der Waals surface area contributed by atoms with E-state index in [1.807, 2.05) is 30.3 Å². The van der Waals surface area contributed by atoms with E-state index in [0.717, 1.165) is 5.69 Å². The summed E-state index contributed by atoms with van der Waals surface area (Å²) in [5.41, 5.74) is 1.24. The van der Waals surface area contributed by atoms with Gasteiger partial charge < -0.3 is 5.32 Å². The van der Waals surface area contributed by atoms with Crippen molar-refractivity contribution in [2.45, 2.75) is 17.9 Å². The number of rotatable bonds is 7. The first kappa shape index (κ1) is 17.0. The molecule has 122 valence electrons. The van der Waals surface area contributed by atoms with Gasteiger partial charge in [0.1, 0.15) is 5.25 Å². The van der Waals surface area contributed by atoms with Gasteiger partial charge in [0.15, 0.2) is 9.84 Å². The molecule has 0 bridgehead atoms. The summed E-state index contributed by atoms with van der Waals surface area (Å²) in [4.78, 5) is 11.8. The van der Waals surface area contributed by atoms with E-state index < -0.39 is 21.0 Å². The van der Waals surface area contributed by atoms with E-state index in [-0.39, 0.29) is 12.3 Å². The number of sulfone groups is 1. The van der Waals surface area contributed by atoms with Crippen LogP contribution in [-0.4, -0.2) is 35.9 Å². The first-order valence-corrected chi connectivity index (χ1v) is 8.85. The molecule has 0 aliphatic rings. The van der Waals surface area contributed by atoms with Crippen molar-refractivity contribution in [1.82, 2.24) is 15.1 Å². The molecule has 6 nitrogen and oxygen atoms in total. The molecule has 1 aromatic carbocycles. The topological polar surface area (TPSA) is 81.1 Å². The maximum atomic E-state index is 12.3. The number of nitrogens with one attached hydrogen (secondary N) is 1. The summed E-state index contributed by atoms with van der Waals surface area (Å²) in [5, 5.41) is 5.62. The first-order valence-electron chi connectivity index (χ1n) is 7.14. The number of benzene rings is 1. The molecular weight excluding hydrogens is 314 g/mol. The molecule has 0 spiro atoms. The van der Waals surface area contributed by atoms with Crippen LogP contribution >= 0.6 is 0 Å². The molecule has 0 fully saturated rings. The lowest BCUT2D eigenvalue weighted by atomic mass is 10.3. The van der Waals surface area contributed by atoms with Crippen LogP contribution in [0.3, 0.4) is 0 Å². The van der Waals surface area contributed by atoms with Gasteiger partial charge in [0.2, 0.25) is 5.91 Å². The van der Waals surface area contributed by atoms with E-state index in [1.54, 1.807) is 16.9 Å². The molecule has 2 rings (SSSR count). The third-order valence-corrected chi connectivity index (χ3v) is 5.33. The SMILES string of the molecule is C=CCNC(=O)C(C)S(=O)(=O)Cc1ccn(-c2ccccc2)n1. The number of carbonyl (C=O) groups excluding carboxylic acids is 1. The molecule has 0 aliphatic carbocycles. The lowest BCUT2D eigenvalue weighted by molar-refractivity contribution is -0.120. The number of carbonyl (C=O) groups is 1. The number of para-hydroxylation sites is 1. The maximum absolute atomic E-state index is 12.3. The molecule has 1 amide bonds. The molecule has 0 aliphatic heterocycles. The fraction of sp³-hybridized carbons (Fsp3) is 0.250. The number of hydrogen-bond acceptors (Lipinski definition) is 4. The van der Waals surface area contributed by atoms with Crippen LogP contribution in [0.5, 0.6) is 0 Å². The van der Waals surface area contributed by atoms with E-state index in [9.17, 15) is 13.2 Å². The van der Waals surface area contributed by atoms with Crippen molar-refractivity contribution in [2.75, 3.05) is 6.54 Å². The predicted molar refractivity (Wildman–Crippen MR) is 88.9 cm³/mol. The van der Waals surface area contributed by atoms with Crippen molar-refractivity contribution in [1.29, 1.82) is 0 Å². The zero-order valence-electron chi connectivity index (χ0n) is 12.8. The summed E-state index contributed by atoms with van der Waals surface area (Å²) < 4.78 is 26.2. The molecule has 0 radical (unpaired) electrons. The largest absolute Gasteiger partial charge is 0.352 e. The summed E-state index contributed by atoms with van der Waals surface area (Å²) in [6, 6.07) is 11.0. The number of aromatic nitrogens is 2. The Bertz CT molecular complexity index is 782. The third-order valence-electron chi connectivity index (χ3n) is 3.34. The van der Waals surface area contributed by atoms with Gasteiger partial charge in [-0.05, 0) is 25.1 Å². The number of hydrogen-bond donors (Lipinski definition) is 1. The summed E-state index contributed by atoms with van der Waals surface area (Å²) >= 11 is 0. The molecule has 1 unspecified atom stereocenters. The maximum Gasteiger partial charge on any atom is 0.238 e. The van der Waals surface area contributed by atoms with Crippen molar-refractivity contribution >= 4 is 15.7 Å². The predicted octanol–water partition coefficient (Wildman–Crippen LogP) is 1.48. The Morgan fingerprint density at radius 3 is 2.70 bits per heavy atom. The number of amides is 1. The fourth-order valence-corrected chi connectivity index (χ4v) is 3.20. The number of nitrogens with zero attached hydrogens (tertiary/aromatic N) is 2. The highest BCUT2D eigenvalue weighted by atomic mass is 32.2. The van der Waals surface area contributed by atoms with Gasteiger partial charge >= 0.3 is 0 Å². The second-order valence-electron chi connectivity index (χ2n) is 5.07. The lowest BCUT2D eigenvalue weighted by Gasteiger charge is -2.11. The van der Waals surface area contributed by atoms with Crippen LogP contribution < -0.4 is 5.32 Å². The minimum Gasteiger partial charge on any atom is -0.352 e. The molecule has 1 heterocycles. The van der Waals surface area contributed by atoms with Gasteiger partial charge in [-0.15, -0.1) is 6.58 Å². The Kier molecular flexibility index (Phi) is 5.33. The normalized spacial score (nSPS) is 12.6. The molecule has 7 heteroatoms. The van der Waals surface area contributed by atoms with Crippen LogP contribution in [0.4, 0.5) is 0 Å². The van der Waals surface area contributed by atoms with Crippen molar-refractivity contribution in [3.8, 4) is 5.69 Å². The lowest BCUT2D eigenvalue weighted by Crippen LogP contribution is -2.38. The molecule has 0 saturated carbocycles. The Morgan fingerprint density at radius 2 is 2.04 bits per heavy atom. The highest BCUT2D eigenvalue weighted by molar-refractivity contribution is 7.92. The van der Waals surface area contributed by atoms with Crippen LogP contribution in [0.1, 0.15) is 12.6 Å². The highest BCUT2D eigenvalue weighted by Gasteiger charge is 2.28. The summed E-state index contributed by atoms with van der Waals surface area (Å²) in [7, 11) is -3.63. The zero-order valence-corrected chi connectivity index (χ0v) is 13.7. The summed E-state index contributed by atoms with van der Waals surface area (Å²) in [5.74, 6) is -0.817. The average Bonchev–Trinajstić information content (AvgIpc) is 3.00. The Balaban J connectivity index is 2.10. The monoisotopic (exact) mass is 333 g/mol. The van der Waals surface area contributed by atoms with E-state index in [4.69, 9.17) is 0 Å². The smallest absolute Gasteiger partial charge is 0.238 e. The van der Waals surface area contributed by atoms with Gasteiger partial charge in [0.05, 0.1) is 17.1 Å². The fourth-order valence-electron chi connectivity index (χ4n) is 1.97. The van der Waals surface area contributed by atoms with E-state index in [1.165, 1.54) is 13.0 Å². The van der Waals surface area contributed by atoms with Crippen LogP contribution in [0.25, 0.3) is 5.69 Å². The zero-order chi connectivity index (χ0) is 16.9. The van der Waals surface area contributed by atoms with Crippen molar-refractivity contribution in [3.63, 3.8) is 0 Å². The van der Waals surface area contributed by atoms with Gasteiger partial charge in [-0.2, -0.15) is 5.10 Å². The van der Waals surface area contributed by atoms with Gasteiger partial charge in [-0.1, -0.05) is 24.3 Å². The second-order valence-corrected chi connectivity index (χ2v) is 7.39. The summed E-state index contributed by atoms with van der Waals surface area (Å²) in [6.45, 7) is 5.09. The average molecular weight is 333 g/mol. The van der Waals surface area contributed by atoms with Crippen LogP contribution in [-0.2, 0) is 20.4 Å². The van der Waals surface area contributed by atoms with Gasteiger partial charge in [-0.3, -0.25) is 4.79 Å². The second kappa shape index (κ2) is 7.23. The van der Waals surface area contributed by atoms with Gasteiger partial charge in [-0.25, -0.2) is 13.1 Å².